The van der Waals surface area contributed by atoms with Crippen LogP contribution in [0.1, 0.15) is 5.56 Å². The van der Waals surface area contributed by atoms with E-state index in [0.29, 0.717) is 0 Å². The van der Waals surface area contributed by atoms with Crippen LogP contribution in [0, 0.1) is 34.0 Å². The van der Waals surface area contributed by atoms with Crippen LogP contribution < -0.4 is 0 Å². The molecule has 0 N–H and O–H groups in total. The second kappa shape index (κ2) is 6.72. The number of hydrogen-bond donors (Lipinski definition) is 0. The predicted molar refractivity (Wildman–Crippen MR) is 86.1 cm³/mol. The maximum atomic E-state index is 9.75. The van der Waals surface area contributed by atoms with Gasteiger partial charge in [-0.1, -0.05) is 42.5 Å². The third kappa shape index (κ3) is 2.02. The summed E-state index contributed by atoms with van der Waals surface area (Å²) in [6, 6.07) is 13.6. The summed E-state index contributed by atoms with van der Waals surface area (Å²) in [4.78, 5) is 0. The first kappa shape index (κ1) is 18.1. The topological polar surface area (TPSA) is 84.5 Å². The van der Waals surface area contributed by atoms with Gasteiger partial charge in [0.05, 0.1) is 18.1 Å². The van der Waals surface area contributed by atoms with Crippen LogP contribution in [0.5, 0.6) is 0 Å². The lowest BCUT2D eigenvalue weighted by Crippen LogP contribution is -2.83. The smallest absolute Gasteiger partial charge is 0.257 e. The van der Waals surface area contributed by atoms with Gasteiger partial charge in [0.1, 0.15) is 0 Å². The van der Waals surface area contributed by atoms with Gasteiger partial charge in [0.2, 0.25) is 11.2 Å². The van der Waals surface area contributed by atoms with Crippen molar-refractivity contribution in [1.29, 1.82) is 10.5 Å². The quantitative estimate of drug-likeness (QED) is 0.745. The van der Waals surface area contributed by atoms with Crippen molar-refractivity contribution in [2.24, 2.45) is 11.3 Å². The van der Waals surface area contributed by atoms with Crippen LogP contribution in [0.25, 0.3) is 6.08 Å². The Hall–Kier alpha value is -2.22. The Morgan fingerprint density at radius 1 is 0.917 bits per heavy atom. The Morgan fingerprint density at radius 3 is 1.88 bits per heavy atom. The van der Waals surface area contributed by atoms with Crippen LogP contribution in [0.2, 0.25) is 0 Å². The van der Waals surface area contributed by atoms with E-state index in [1.54, 1.807) is 6.08 Å². The molecular weight excluding hydrogens is 308 g/mol. The Labute approximate surface area is 141 Å². The molecule has 6 heteroatoms. The van der Waals surface area contributed by atoms with Gasteiger partial charge in [-0.3, -0.25) is 0 Å². The summed E-state index contributed by atoms with van der Waals surface area (Å²) in [5, 5.41) is 19.5. The summed E-state index contributed by atoms with van der Waals surface area (Å²) < 4.78 is 22.0. The van der Waals surface area contributed by atoms with Crippen LogP contribution in [0.3, 0.4) is 0 Å². The Morgan fingerprint density at radius 2 is 1.46 bits per heavy atom. The number of benzene rings is 1. The molecular formula is C18H20N2O4. The zero-order chi connectivity index (χ0) is 17.8. The van der Waals surface area contributed by atoms with Gasteiger partial charge in [0, 0.05) is 28.4 Å². The minimum atomic E-state index is -1.67. The van der Waals surface area contributed by atoms with Crippen LogP contribution in [-0.2, 0) is 18.9 Å². The molecule has 1 saturated carbocycles. The molecule has 0 spiro atoms. The molecule has 1 aromatic rings. The first-order valence-electron chi connectivity index (χ1n) is 7.34. The summed E-state index contributed by atoms with van der Waals surface area (Å²) in [5.41, 5.74) is -0.691. The number of nitrogens with zero attached hydrogens (tertiary/aromatic N) is 2. The zero-order valence-electron chi connectivity index (χ0n) is 14.1. The van der Waals surface area contributed by atoms with Gasteiger partial charge in [-0.2, -0.15) is 10.5 Å². The van der Waals surface area contributed by atoms with Crippen LogP contribution in [0.15, 0.2) is 36.4 Å². The summed E-state index contributed by atoms with van der Waals surface area (Å²) in [6.45, 7) is 0. The number of rotatable bonds is 6. The van der Waals surface area contributed by atoms with Crippen LogP contribution >= 0.6 is 0 Å². The molecule has 2 rings (SSSR count). The lowest BCUT2D eigenvalue weighted by molar-refractivity contribution is -0.489. The molecule has 0 bridgehead atoms. The van der Waals surface area contributed by atoms with Crippen LogP contribution in [0.4, 0.5) is 0 Å². The molecule has 0 saturated heterocycles. The van der Waals surface area contributed by atoms with Crippen molar-refractivity contribution in [3.63, 3.8) is 0 Å². The van der Waals surface area contributed by atoms with E-state index in [1.807, 2.05) is 48.5 Å². The molecule has 1 fully saturated rings. The van der Waals surface area contributed by atoms with Gasteiger partial charge >= 0.3 is 0 Å². The lowest BCUT2D eigenvalue weighted by Gasteiger charge is -2.64. The number of nitriles is 2. The molecule has 0 aromatic heterocycles. The maximum Gasteiger partial charge on any atom is 0.257 e. The molecule has 0 aliphatic heterocycles. The second-order valence-corrected chi connectivity index (χ2v) is 5.38. The highest BCUT2D eigenvalue weighted by Crippen LogP contribution is 2.65. The minimum Gasteiger partial charge on any atom is -0.348 e. The van der Waals surface area contributed by atoms with E-state index in [2.05, 4.69) is 0 Å². The van der Waals surface area contributed by atoms with E-state index in [0.717, 1.165) is 5.56 Å². The Kier molecular flexibility index (Phi) is 5.08. The molecule has 126 valence electrons. The fraction of sp³-hybridized carbons (Fsp3) is 0.444. The van der Waals surface area contributed by atoms with Gasteiger partial charge in [0.15, 0.2) is 0 Å². The summed E-state index contributed by atoms with van der Waals surface area (Å²) >= 11 is 0. The monoisotopic (exact) mass is 328 g/mol. The third-order valence-corrected chi connectivity index (χ3v) is 4.67. The van der Waals surface area contributed by atoms with Gasteiger partial charge in [-0.15, -0.1) is 0 Å². The van der Waals surface area contributed by atoms with E-state index >= 15 is 0 Å². The van der Waals surface area contributed by atoms with Crippen molar-refractivity contribution in [1.82, 2.24) is 0 Å². The van der Waals surface area contributed by atoms with Crippen molar-refractivity contribution >= 4 is 6.08 Å². The average Bonchev–Trinajstić information content (AvgIpc) is 2.64. The van der Waals surface area contributed by atoms with Gasteiger partial charge in [0.25, 0.3) is 5.79 Å². The van der Waals surface area contributed by atoms with E-state index in [4.69, 9.17) is 18.9 Å². The Bertz CT molecular complexity index is 665. The maximum absolute atomic E-state index is 9.75. The fourth-order valence-electron chi connectivity index (χ4n) is 3.54. The van der Waals surface area contributed by atoms with Crippen molar-refractivity contribution < 1.29 is 18.9 Å². The molecule has 6 nitrogen and oxygen atoms in total. The first-order chi connectivity index (χ1) is 11.6. The minimum absolute atomic E-state index is 0.713. The number of methoxy groups -OCH3 is 4. The van der Waals surface area contributed by atoms with Gasteiger partial charge in [-0.25, -0.2) is 0 Å². The molecule has 0 radical (unpaired) electrons. The van der Waals surface area contributed by atoms with Crippen molar-refractivity contribution in [2.75, 3.05) is 28.4 Å². The van der Waals surface area contributed by atoms with E-state index in [-0.39, 0.29) is 0 Å². The second-order valence-electron chi connectivity index (χ2n) is 5.38. The van der Waals surface area contributed by atoms with Crippen molar-refractivity contribution in [3.05, 3.63) is 42.0 Å². The van der Waals surface area contributed by atoms with E-state index < -0.39 is 22.9 Å². The molecule has 1 aliphatic carbocycles. The number of hydrogen-bond acceptors (Lipinski definition) is 6. The highest BCUT2D eigenvalue weighted by atomic mass is 16.8. The molecule has 1 aromatic carbocycles. The molecule has 0 unspecified atom stereocenters. The average molecular weight is 328 g/mol. The molecule has 0 heterocycles. The van der Waals surface area contributed by atoms with Crippen molar-refractivity contribution in [2.45, 2.75) is 11.6 Å². The van der Waals surface area contributed by atoms with Crippen LogP contribution in [-0.4, -0.2) is 40.0 Å². The van der Waals surface area contributed by atoms with E-state index in [1.165, 1.54) is 28.4 Å². The number of ether oxygens (including phenoxy) is 4. The highest BCUT2D eigenvalue weighted by molar-refractivity contribution is 5.52. The summed E-state index contributed by atoms with van der Waals surface area (Å²) in [7, 11) is 5.57. The van der Waals surface area contributed by atoms with Crippen molar-refractivity contribution in [3.8, 4) is 12.1 Å². The lowest BCUT2D eigenvalue weighted by atomic mass is 9.51. The molecule has 1 atom stereocenters. The van der Waals surface area contributed by atoms with Gasteiger partial charge < -0.3 is 18.9 Å². The predicted octanol–water partition coefficient (Wildman–Crippen LogP) is 2.34. The fourth-order valence-corrected chi connectivity index (χ4v) is 3.54. The molecule has 1 aliphatic rings. The highest BCUT2D eigenvalue weighted by Gasteiger charge is 2.85. The van der Waals surface area contributed by atoms with E-state index in [9.17, 15) is 10.5 Å². The molecule has 24 heavy (non-hydrogen) atoms. The largest absolute Gasteiger partial charge is 0.348 e. The van der Waals surface area contributed by atoms with Gasteiger partial charge in [-0.05, 0) is 5.56 Å². The third-order valence-electron chi connectivity index (χ3n) is 4.67. The SMILES string of the molecule is COC1(OC)[C@@H](/C=C/c2ccccc2)C(C#N)(C#N)C1(OC)OC. The molecule has 0 amide bonds. The summed E-state index contributed by atoms with van der Waals surface area (Å²) in [5.74, 6) is -3.80. The Balaban J connectivity index is 2.57. The standard InChI is InChI=1S/C18H20N2O4/c1-21-17(22-2)15(11-10-14-8-6-5-7-9-14)16(12-19,13-20)18(17,23-3)24-4/h5-11,15H,1-4H3/b11-10+/t15-/m0/s1. The summed E-state index contributed by atoms with van der Waals surface area (Å²) in [6.07, 6.45) is 3.54. The first-order valence-corrected chi connectivity index (χ1v) is 7.34. The zero-order valence-corrected chi connectivity index (χ0v) is 14.1. The normalized spacial score (nSPS) is 23.2.